The first kappa shape index (κ1) is 17.1. The largest absolute Gasteiger partial charge is 0.335 e. The third kappa shape index (κ3) is 2.88. The first-order valence-electron chi connectivity index (χ1n) is 8.93. The number of carbonyl (C=O) groups is 1. The van der Waals surface area contributed by atoms with Crippen molar-refractivity contribution in [1.29, 1.82) is 0 Å². The highest BCUT2D eigenvalue weighted by Crippen LogP contribution is 2.35. The zero-order valence-corrected chi connectivity index (χ0v) is 15.6. The van der Waals surface area contributed by atoms with Crippen molar-refractivity contribution in [2.24, 2.45) is 0 Å². The van der Waals surface area contributed by atoms with Gasteiger partial charge in [-0.15, -0.1) is 0 Å². The molecule has 2 aromatic rings. The molecule has 5 nitrogen and oxygen atoms in total. The first-order chi connectivity index (χ1) is 12.5. The SMILES string of the molecule is CN(C(=O)c1ccc(N2CCCS2(=O)=O)cc1)C1CCc2ccccc21. The molecule has 2 aliphatic rings. The number of benzene rings is 2. The summed E-state index contributed by atoms with van der Waals surface area (Å²) in [4.78, 5) is 14.7. The molecule has 1 amide bonds. The fourth-order valence-electron chi connectivity index (χ4n) is 3.98. The minimum absolute atomic E-state index is 0.0393. The van der Waals surface area contributed by atoms with Crippen molar-refractivity contribution in [2.75, 3.05) is 23.7 Å². The predicted molar refractivity (Wildman–Crippen MR) is 102 cm³/mol. The second kappa shape index (κ2) is 6.43. The lowest BCUT2D eigenvalue weighted by molar-refractivity contribution is 0.0730. The number of carbonyl (C=O) groups excluding carboxylic acids is 1. The molecule has 1 unspecified atom stereocenters. The number of amides is 1. The van der Waals surface area contributed by atoms with Crippen LogP contribution in [0.3, 0.4) is 0 Å². The zero-order chi connectivity index (χ0) is 18.3. The Balaban J connectivity index is 1.54. The standard InChI is InChI=1S/C20H22N2O3S/c1-21(19-12-9-15-5-2-3-6-18(15)19)20(23)16-7-10-17(11-8-16)22-13-4-14-26(22,24)25/h2-3,5-8,10-11,19H,4,9,12-14H2,1H3. The summed E-state index contributed by atoms with van der Waals surface area (Å²) >= 11 is 0. The highest BCUT2D eigenvalue weighted by atomic mass is 32.2. The molecule has 0 bridgehead atoms. The molecule has 136 valence electrons. The van der Waals surface area contributed by atoms with E-state index in [-0.39, 0.29) is 17.7 Å². The summed E-state index contributed by atoms with van der Waals surface area (Å²) in [5.41, 5.74) is 3.75. The second-order valence-corrected chi connectivity index (χ2v) is 8.97. The minimum atomic E-state index is -3.20. The van der Waals surface area contributed by atoms with Crippen LogP contribution in [-0.4, -0.2) is 38.6 Å². The molecule has 1 aliphatic carbocycles. The van der Waals surface area contributed by atoms with Gasteiger partial charge in [0.25, 0.3) is 5.91 Å². The van der Waals surface area contributed by atoms with E-state index in [1.165, 1.54) is 15.4 Å². The summed E-state index contributed by atoms with van der Waals surface area (Å²) in [5, 5.41) is 0. The van der Waals surface area contributed by atoms with E-state index in [0.29, 0.717) is 24.2 Å². The highest BCUT2D eigenvalue weighted by Gasteiger charge is 2.30. The molecular weight excluding hydrogens is 348 g/mol. The van der Waals surface area contributed by atoms with Gasteiger partial charge in [0.15, 0.2) is 0 Å². The van der Waals surface area contributed by atoms with E-state index >= 15 is 0 Å². The van der Waals surface area contributed by atoms with Crippen LogP contribution < -0.4 is 4.31 Å². The number of sulfonamides is 1. The van der Waals surface area contributed by atoms with E-state index in [1.54, 1.807) is 29.2 Å². The van der Waals surface area contributed by atoms with Gasteiger partial charge in [0.1, 0.15) is 0 Å². The van der Waals surface area contributed by atoms with E-state index < -0.39 is 10.0 Å². The van der Waals surface area contributed by atoms with Crippen molar-refractivity contribution in [3.8, 4) is 0 Å². The van der Waals surface area contributed by atoms with Gasteiger partial charge in [-0.2, -0.15) is 0 Å². The number of hydrogen-bond acceptors (Lipinski definition) is 3. The van der Waals surface area contributed by atoms with Gasteiger partial charge in [-0.05, 0) is 54.7 Å². The Morgan fingerprint density at radius 3 is 2.54 bits per heavy atom. The molecule has 1 atom stereocenters. The fraction of sp³-hybridized carbons (Fsp3) is 0.350. The summed E-state index contributed by atoms with van der Waals surface area (Å²) in [5.74, 6) is 0.153. The monoisotopic (exact) mass is 370 g/mol. The van der Waals surface area contributed by atoms with Gasteiger partial charge < -0.3 is 4.90 Å². The lowest BCUT2D eigenvalue weighted by atomic mass is 10.1. The molecule has 1 fully saturated rings. The van der Waals surface area contributed by atoms with Gasteiger partial charge >= 0.3 is 0 Å². The minimum Gasteiger partial charge on any atom is -0.335 e. The molecule has 2 aromatic carbocycles. The van der Waals surface area contributed by atoms with Gasteiger partial charge in [0.05, 0.1) is 17.5 Å². The average Bonchev–Trinajstić information content (AvgIpc) is 3.23. The van der Waals surface area contributed by atoms with Crippen molar-refractivity contribution < 1.29 is 13.2 Å². The summed E-state index contributed by atoms with van der Waals surface area (Å²) in [7, 11) is -1.36. The van der Waals surface area contributed by atoms with Crippen LogP contribution in [0, 0.1) is 0 Å². The van der Waals surface area contributed by atoms with Crippen LogP contribution in [0.25, 0.3) is 0 Å². The Bertz CT molecular complexity index is 938. The maximum atomic E-state index is 12.9. The third-order valence-corrected chi connectivity index (χ3v) is 7.26. The van der Waals surface area contributed by atoms with E-state index in [4.69, 9.17) is 0 Å². The third-order valence-electron chi connectivity index (χ3n) is 5.39. The summed E-state index contributed by atoms with van der Waals surface area (Å²) < 4.78 is 25.5. The molecule has 0 N–H and O–H groups in total. The lowest BCUT2D eigenvalue weighted by Gasteiger charge is -2.26. The predicted octanol–water partition coefficient (Wildman–Crippen LogP) is 2.99. The Morgan fingerprint density at radius 1 is 1.12 bits per heavy atom. The summed E-state index contributed by atoms with van der Waals surface area (Å²) in [6, 6.07) is 15.3. The van der Waals surface area contributed by atoms with Crippen LogP contribution in [0.5, 0.6) is 0 Å². The van der Waals surface area contributed by atoms with Gasteiger partial charge in [-0.3, -0.25) is 9.10 Å². The number of fused-ring (bicyclic) bond motifs is 1. The Labute approximate surface area is 154 Å². The molecule has 0 spiro atoms. The molecule has 1 aliphatic heterocycles. The number of aryl methyl sites for hydroxylation is 1. The molecular formula is C20H22N2O3S. The molecule has 1 heterocycles. The number of hydrogen-bond donors (Lipinski definition) is 0. The molecule has 6 heteroatoms. The quantitative estimate of drug-likeness (QED) is 0.835. The van der Waals surface area contributed by atoms with Gasteiger partial charge in [0.2, 0.25) is 10.0 Å². The van der Waals surface area contributed by atoms with Crippen molar-refractivity contribution >= 4 is 21.6 Å². The summed E-state index contributed by atoms with van der Waals surface area (Å²) in [6.45, 7) is 0.508. The zero-order valence-electron chi connectivity index (χ0n) is 14.8. The van der Waals surface area contributed by atoms with E-state index in [9.17, 15) is 13.2 Å². The normalized spacial score (nSPS) is 20.8. The van der Waals surface area contributed by atoms with Crippen LogP contribution in [0.1, 0.15) is 40.4 Å². The first-order valence-corrected chi connectivity index (χ1v) is 10.5. The van der Waals surface area contributed by atoms with Crippen molar-refractivity contribution in [3.63, 3.8) is 0 Å². The highest BCUT2D eigenvalue weighted by molar-refractivity contribution is 7.93. The van der Waals surface area contributed by atoms with Crippen LogP contribution in [0.15, 0.2) is 48.5 Å². The number of rotatable bonds is 3. The Kier molecular flexibility index (Phi) is 4.23. The maximum absolute atomic E-state index is 12.9. The van der Waals surface area contributed by atoms with Gasteiger partial charge in [-0.1, -0.05) is 24.3 Å². The molecule has 0 aromatic heterocycles. The number of nitrogens with zero attached hydrogens (tertiary/aromatic N) is 2. The average molecular weight is 370 g/mol. The van der Waals surface area contributed by atoms with E-state index in [2.05, 4.69) is 12.1 Å². The number of anilines is 1. The molecule has 1 saturated heterocycles. The second-order valence-electron chi connectivity index (χ2n) is 6.96. The molecule has 0 saturated carbocycles. The van der Waals surface area contributed by atoms with Crippen LogP contribution >= 0.6 is 0 Å². The van der Waals surface area contributed by atoms with E-state index in [1.807, 2.05) is 19.2 Å². The van der Waals surface area contributed by atoms with Crippen LogP contribution in [0.2, 0.25) is 0 Å². The molecule has 26 heavy (non-hydrogen) atoms. The fourth-order valence-corrected chi connectivity index (χ4v) is 5.55. The van der Waals surface area contributed by atoms with Crippen LogP contribution in [0.4, 0.5) is 5.69 Å². The van der Waals surface area contributed by atoms with Crippen molar-refractivity contribution in [2.45, 2.75) is 25.3 Å². The van der Waals surface area contributed by atoms with Crippen molar-refractivity contribution in [3.05, 3.63) is 65.2 Å². The molecule has 4 rings (SSSR count). The smallest absolute Gasteiger partial charge is 0.254 e. The maximum Gasteiger partial charge on any atom is 0.254 e. The molecule has 0 radical (unpaired) electrons. The van der Waals surface area contributed by atoms with Gasteiger partial charge in [-0.25, -0.2) is 8.42 Å². The topological polar surface area (TPSA) is 57.7 Å². The Morgan fingerprint density at radius 2 is 1.85 bits per heavy atom. The van der Waals surface area contributed by atoms with Crippen LogP contribution in [-0.2, 0) is 16.4 Å². The van der Waals surface area contributed by atoms with E-state index in [0.717, 1.165) is 12.8 Å². The Hall–Kier alpha value is -2.34. The summed E-state index contributed by atoms with van der Waals surface area (Å²) in [6.07, 6.45) is 2.57. The van der Waals surface area contributed by atoms with Gasteiger partial charge in [0, 0.05) is 19.2 Å². The lowest BCUT2D eigenvalue weighted by Crippen LogP contribution is -2.30. The van der Waals surface area contributed by atoms with Crippen molar-refractivity contribution in [1.82, 2.24) is 4.90 Å².